The number of carbonyl (C=O) groups is 1. The molecule has 2 unspecified atom stereocenters. The Morgan fingerprint density at radius 3 is 2.88 bits per heavy atom. The van der Waals surface area contributed by atoms with Crippen LogP contribution in [0.25, 0.3) is 0 Å². The number of aliphatic carboxylic acids is 1. The van der Waals surface area contributed by atoms with Crippen LogP contribution < -0.4 is 0 Å². The summed E-state index contributed by atoms with van der Waals surface area (Å²) in [5.41, 5.74) is 2.35. The molecule has 2 rings (SSSR count). The normalized spacial score (nSPS) is 25.8. The molecule has 1 aliphatic rings. The molecule has 1 aliphatic heterocycles. The van der Waals surface area contributed by atoms with Crippen molar-refractivity contribution in [2.24, 2.45) is 5.92 Å². The van der Waals surface area contributed by atoms with Gasteiger partial charge in [0.15, 0.2) is 0 Å². The molecule has 1 N–H and O–H groups in total. The fraction of sp³-hybridized carbons (Fsp3) is 0.500. The molecule has 1 aromatic carbocycles. The standard InChI is InChI=1S/C14H19NO2/c1-10-4-3-5-11(8-10)13-9-15(2)7-6-12(13)14(16)17/h3-5,8,12-13H,6-7,9H2,1-2H3,(H,16,17). The molecular formula is C14H19NO2. The second-order valence-electron chi connectivity index (χ2n) is 5.02. The minimum Gasteiger partial charge on any atom is -0.481 e. The summed E-state index contributed by atoms with van der Waals surface area (Å²) in [6.45, 7) is 3.76. The number of carboxylic acids is 1. The molecule has 0 aromatic heterocycles. The van der Waals surface area contributed by atoms with Crippen molar-refractivity contribution in [2.45, 2.75) is 19.3 Å². The molecule has 92 valence electrons. The number of benzene rings is 1. The molecule has 0 radical (unpaired) electrons. The average Bonchev–Trinajstić information content (AvgIpc) is 2.28. The van der Waals surface area contributed by atoms with Crippen molar-refractivity contribution < 1.29 is 9.90 Å². The molecule has 2 atom stereocenters. The maximum Gasteiger partial charge on any atom is 0.307 e. The van der Waals surface area contributed by atoms with Crippen LogP contribution in [0.4, 0.5) is 0 Å². The van der Waals surface area contributed by atoms with Gasteiger partial charge < -0.3 is 10.0 Å². The zero-order chi connectivity index (χ0) is 12.4. The Hall–Kier alpha value is -1.35. The lowest BCUT2D eigenvalue weighted by molar-refractivity contribution is -0.144. The SMILES string of the molecule is Cc1cccc(C2CN(C)CCC2C(=O)O)c1. The van der Waals surface area contributed by atoms with Crippen LogP contribution in [-0.2, 0) is 4.79 Å². The van der Waals surface area contributed by atoms with Gasteiger partial charge in [-0.2, -0.15) is 0 Å². The van der Waals surface area contributed by atoms with Crippen LogP contribution in [0.15, 0.2) is 24.3 Å². The van der Waals surface area contributed by atoms with Crippen LogP contribution in [0.5, 0.6) is 0 Å². The first-order valence-corrected chi connectivity index (χ1v) is 6.06. The third kappa shape index (κ3) is 2.67. The van der Waals surface area contributed by atoms with Crippen molar-refractivity contribution >= 4 is 5.97 Å². The van der Waals surface area contributed by atoms with E-state index < -0.39 is 5.97 Å². The summed E-state index contributed by atoms with van der Waals surface area (Å²) in [7, 11) is 2.06. The minimum absolute atomic E-state index is 0.117. The van der Waals surface area contributed by atoms with Gasteiger partial charge in [-0.15, -0.1) is 0 Å². The van der Waals surface area contributed by atoms with E-state index in [9.17, 15) is 9.90 Å². The second kappa shape index (κ2) is 4.88. The molecule has 0 spiro atoms. The predicted octanol–water partition coefficient (Wildman–Crippen LogP) is 2.11. The third-order valence-corrected chi connectivity index (χ3v) is 3.60. The van der Waals surface area contributed by atoms with E-state index >= 15 is 0 Å². The van der Waals surface area contributed by atoms with Crippen LogP contribution in [-0.4, -0.2) is 36.1 Å². The maximum absolute atomic E-state index is 11.3. The van der Waals surface area contributed by atoms with Crippen LogP contribution in [0.2, 0.25) is 0 Å². The summed E-state index contributed by atoms with van der Waals surface area (Å²) in [4.78, 5) is 13.5. The molecule has 1 saturated heterocycles. The Labute approximate surface area is 102 Å². The van der Waals surface area contributed by atoms with Gasteiger partial charge in [0.2, 0.25) is 0 Å². The highest BCUT2D eigenvalue weighted by atomic mass is 16.4. The van der Waals surface area contributed by atoms with Gasteiger partial charge in [-0.25, -0.2) is 0 Å². The Morgan fingerprint density at radius 1 is 1.47 bits per heavy atom. The van der Waals surface area contributed by atoms with Crippen molar-refractivity contribution in [2.75, 3.05) is 20.1 Å². The van der Waals surface area contributed by atoms with Crippen LogP contribution in [0, 0.1) is 12.8 Å². The molecule has 0 bridgehead atoms. The van der Waals surface area contributed by atoms with E-state index in [1.54, 1.807) is 0 Å². The number of aryl methyl sites for hydroxylation is 1. The number of hydrogen-bond acceptors (Lipinski definition) is 2. The van der Waals surface area contributed by atoms with E-state index in [-0.39, 0.29) is 11.8 Å². The van der Waals surface area contributed by atoms with Gasteiger partial charge in [0.05, 0.1) is 5.92 Å². The topological polar surface area (TPSA) is 40.5 Å². The van der Waals surface area contributed by atoms with E-state index in [1.807, 2.05) is 25.1 Å². The molecule has 17 heavy (non-hydrogen) atoms. The monoisotopic (exact) mass is 233 g/mol. The van der Waals surface area contributed by atoms with Crippen molar-refractivity contribution in [1.82, 2.24) is 4.90 Å². The maximum atomic E-state index is 11.3. The summed E-state index contributed by atoms with van der Waals surface area (Å²) >= 11 is 0. The molecule has 3 nitrogen and oxygen atoms in total. The minimum atomic E-state index is -0.662. The Bertz CT molecular complexity index is 416. The van der Waals surface area contributed by atoms with E-state index in [4.69, 9.17) is 0 Å². The molecule has 3 heteroatoms. The van der Waals surface area contributed by atoms with E-state index in [1.165, 1.54) is 5.56 Å². The number of likely N-dealkylation sites (N-methyl/N-ethyl adjacent to an activating group) is 1. The van der Waals surface area contributed by atoms with Crippen molar-refractivity contribution in [3.8, 4) is 0 Å². The largest absolute Gasteiger partial charge is 0.481 e. The molecule has 1 heterocycles. The fourth-order valence-electron chi connectivity index (χ4n) is 2.65. The predicted molar refractivity (Wildman–Crippen MR) is 67.2 cm³/mol. The first-order chi connectivity index (χ1) is 8.08. The fourth-order valence-corrected chi connectivity index (χ4v) is 2.65. The molecule has 1 aromatic rings. The lowest BCUT2D eigenvalue weighted by atomic mass is 9.80. The van der Waals surface area contributed by atoms with Crippen LogP contribution in [0.1, 0.15) is 23.5 Å². The lowest BCUT2D eigenvalue weighted by Gasteiger charge is -2.35. The van der Waals surface area contributed by atoms with Gasteiger partial charge in [0, 0.05) is 12.5 Å². The van der Waals surface area contributed by atoms with E-state index in [0.29, 0.717) is 0 Å². The van der Waals surface area contributed by atoms with Crippen LogP contribution in [0.3, 0.4) is 0 Å². The van der Waals surface area contributed by atoms with Gasteiger partial charge in [0.25, 0.3) is 0 Å². The van der Waals surface area contributed by atoms with E-state index in [0.717, 1.165) is 25.1 Å². The Kier molecular flexibility index (Phi) is 3.48. The zero-order valence-corrected chi connectivity index (χ0v) is 10.4. The lowest BCUT2D eigenvalue weighted by Crippen LogP contribution is -2.39. The summed E-state index contributed by atoms with van der Waals surface area (Å²) in [5.74, 6) is -0.788. The average molecular weight is 233 g/mol. The highest BCUT2D eigenvalue weighted by Crippen LogP contribution is 2.32. The smallest absolute Gasteiger partial charge is 0.307 e. The summed E-state index contributed by atoms with van der Waals surface area (Å²) < 4.78 is 0. The molecule has 0 saturated carbocycles. The molecule has 0 amide bonds. The van der Waals surface area contributed by atoms with Crippen molar-refractivity contribution in [1.29, 1.82) is 0 Å². The first-order valence-electron chi connectivity index (χ1n) is 6.06. The Balaban J connectivity index is 2.28. The molecule has 0 aliphatic carbocycles. The number of likely N-dealkylation sites (tertiary alicyclic amines) is 1. The first kappa shape index (κ1) is 12.1. The van der Waals surface area contributed by atoms with Crippen molar-refractivity contribution in [3.05, 3.63) is 35.4 Å². The summed E-state index contributed by atoms with van der Waals surface area (Å²) in [6.07, 6.45) is 0.741. The number of carboxylic acid groups (broad SMARTS) is 1. The van der Waals surface area contributed by atoms with Crippen LogP contribution >= 0.6 is 0 Å². The second-order valence-corrected chi connectivity index (χ2v) is 5.02. The third-order valence-electron chi connectivity index (χ3n) is 3.60. The number of piperidine rings is 1. The highest BCUT2D eigenvalue weighted by Gasteiger charge is 2.33. The summed E-state index contributed by atoms with van der Waals surface area (Å²) in [5, 5.41) is 9.31. The Morgan fingerprint density at radius 2 is 2.24 bits per heavy atom. The van der Waals surface area contributed by atoms with Gasteiger partial charge in [-0.3, -0.25) is 4.79 Å². The zero-order valence-electron chi connectivity index (χ0n) is 10.4. The van der Waals surface area contributed by atoms with E-state index in [2.05, 4.69) is 18.0 Å². The molecular weight excluding hydrogens is 214 g/mol. The number of nitrogens with zero attached hydrogens (tertiary/aromatic N) is 1. The van der Waals surface area contributed by atoms with Gasteiger partial charge in [-0.05, 0) is 32.5 Å². The van der Waals surface area contributed by atoms with Gasteiger partial charge in [0.1, 0.15) is 0 Å². The number of rotatable bonds is 2. The molecule has 1 fully saturated rings. The van der Waals surface area contributed by atoms with Crippen molar-refractivity contribution in [3.63, 3.8) is 0 Å². The quantitative estimate of drug-likeness (QED) is 0.850. The number of hydrogen-bond donors (Lipinski definition) is 1. The summed E-state index contributed by atoms with van der Waals surface area (Å²) in [6, 6.07) is 8.22. The van der Waals surface area contributed by atoms with Gasteiger partial charge >= 0.3 is 5.97 Å². The van der Waals surface area contributed by atoms with Gasteiger partial charge in [-0.1, -0.05) is 29.8 Å². The highest BCUT2D eigenvalue weighted by molar-refractivity contribution is 5.71.